The molecule has 0 atom stereocenters. The molecule has 2 aromatic carbocycles. The van der Waals surface area contributed by atoms with Crippen LogP contribution >= 0.6 is 0 Å². The topological polar surface area (TPSA) is 26.7 Å². The minimum atomic E-state index is -0.288. The quantitative estimate of drug-likeness (QED) is 0.896. The normalized spacial score (nSPS) is 18.7. The van der Waals surface area contributed by atoms with Gasteiger partial charge in [0.2, 0.25) is 0 Å². The lowest BCUT2D eigenvalue weighted by Gasteiger charge is -2.29. The monoisotopic (exact) mass is 354 g/mol. The van der Waals surface area contributed by atoms with Crippen LogP contribution in [0, 0.1) is 5.82 Å². The van der Waals surface area contributed by atoms with Gasteiger partial charge in [-0.1, -0.05) is 30.7 Å². The van der Waals surface area contributed by atoms with Gasteiger partial charge in [-0.05, 0) is 55.1 Å². The Kier molecular flexibility index (Phi) is 5.23. The molecule has 2 aliphatic rings. The fourth-order valence-corrected chi connectivity index (χ4v) is 4.25. The molecule has 0 aliphatic carbocycles. The molecule has 1 saturated heterocycles. The number of rotatable bonds is 4. The van der Waals surface area contributed by atoms with Crippen molar-refractivity contribution < 1.29 is 9.50 Å². The van der Waals surface area contributed by atoms with E-state index in [1.165, 1.54) is 49.5 Å². The van der Waals surface area contributed by atoms with Gasteiger partial charge < -0.3 is 5.11 Å². The fraction of sp³-hybridized carbons (Fsp3) is 0.455. The van der Waals surface area contributed by atoms with Crippen molar-refractivity contribution in [1.29, 1.82) is 0 Å². The number of aromatic hydroxyl groups is 1. The van der Waals surface area contributed by atoms with Gasteiger partial charge in [-0.15, -0.1) is 0 Å². The second-order valence-electron chi connectivity index (χ2n) is 7.68. The number of hydrogen-bond acceptors (Lipinski definition) is 3. The summed E-state index contributed by atoms with van der Waals surface area (Å²) in [6, 6.07) is 11.8. The molecule has 0 unspecified atom stereocenters. The van der Waals surface area contributed by atoms with E-state index in [-0.39, 0.29) is 11.6 Å². The molecule has 26 heavy (non-hydrogen) atoms. The number of phenols is 1. The molecule has 0 amide bonds. The van der Waals surface area contributed by atoms with Crippen molar-refractivity contribution in [2.75, 3.05) is 19.6 Å². The van der Waals surface area contributed by atoms with Gasteiger partial charge in [-0.2, -0.15) is 0 Å². The van der Waals surface area contributed by atoms with Gasteiger partial charge in [0.05, 0.1) is 0 Å². The molecular formula is C22H27FN2O. The second kappa shape index (κ2) is 7.77. The SMILES string of the molecule is Oc1cc(F)c2c(c1)CCN(Cc1cccc(CN3CCCCC3)c1)C2. The lowest BCUT2D eigenvalue weighted by atomic mass is 9.98. The van der Waals surface area contributed by atoms with Gasteiger partial charge in [0.25, 0.3) is 0 Å². The molecular weight excluding hydrogens is 327 g/mol. The molecule has 0 bridgehead atoms. The van der Waals surface area contributed by atoms with Crippen molar-refractivity contribution >= 4 is 0 Å². The van der Waals surface area contributed by atoms with Crippen LogP contribution in [-0.4, -0.2) is 34.5 Å². The van der Waals surface area contributed by atoms with Gasteiger partial charge in [-0.3, -0.25) is 9.80 Å². The molecule has 2 heterocycles. The summed E-state index contributed by atoms with van der Waals surface area (Å²) in [7, 11) is 0. The molecule has 0 aromatic heterocycles. The van der Waals surface area contributed by atoms with Gasteiger partial charge in [0.1, 0.15) is 11.6 Å². The zero-order chi connectivity index (χ0) is 17.9. The maximum absolute atomic E-state index is 14.2. The molecule has 3 nitrogen and oxygen atoms in total. The van der Waals surface area contributed by atoms with Crippen molar-refractivity contribution in [3.05, 3.63) is 64.5 Å². The standard InChI is InChI=1S/C22H27FN2O/c23-22-13-20(26)12-19-7-10-25(16-21(19)22)15-18-6-4-5-17(11-18)14-24-8-2-1-3-9-24/h4-6,11-13,26H,1-3,7-10,14-16H2. The first-order chi connectivity index (χ1) is 12.7. The largest absolute Gasteiger partial charge is 0.508 e. The maximum atomic E-state index is 14.2. The Morgan fingerprint density at radius 2 is 1.62 bits per heavy atom. The van der Waals surface area contributed by atoms with Gasteiger partial charge in [0, 0.05) is 37.8 Å². The summed E-state index contributed by atoms with van der Waals surface area (Å²) in [6.45, 7) is 5.79. The average molecular weight is 354 g/mol. The first-order valence-corrected chi connectivity index (χ1v) is 9.70. The molecule has 138 valence electrons. The van der Waals surface area contributed by atoms with E-state index >= 15 is 0 Å². The van der Waals surface area contributed by atoms with Crippen LogP contribution in [0.1, 0.15) is 41.5 Å². The number of likely N-dealkylation sites (tertiary alicyclic amines) is 1. The maximum Gasteiger partial charge on any atom is 0.131 e. The zero-order valence-electron chi connectivity index (χ0n) is 15.3. The van der Waals surface area contributed by atoms with E-state index in [9.17, 15) is 9.50 Å². The Bertz CT molecular complexity index is 771. The number of halogens is 1. The molecule has 1 fully saturated rings. The number of nitrogens with zero attached hydrogens (tertiary/aromatic N) is 2. The summed E-state index contributed by atoms with van der Waals surface area (Å²) in [5.41, 5.74) is 4.34. The van der Waals surface area contributed by atoms with E-state index in [1.54, 1.807) is 6.07 Å². The van der Waals surface area contributed by atoms with Crippen molar-refractivity contribution in [3.8, 4) is 5.75 Å². The van der Waals surface area contributed by atoms with Crippen LogP contribution < -0.4 is 0 Å². The first-order valence-electron chi connectivity index (χ1n) is 9.70. The van der Waals surface area contributed by atoms with Crippen LogP contribution in [0.4, 0.5) is 4.39 Å². The number of fused-ring (bicyclic) bond motifs is 1. The number of hydrogen-bond donors (Lipinski definition) is 1. The van der Waals surface area contributed by atoms with Crippen molar-refractivity contribution in [2.24, 2.45) is 0 Å². The average Bonchev–Trinajstić information content (AvgIpc) is 2.63. The molecule has 0 saturated carbocycles. The van der Waals surface area contributed by atoms with Crippen molar-refractivity contribution in [2.45, 2.75) is 45.3 Å². The van der Waals surface area contributed by atoms with Crippen LogP contribution in [0.3, 0.4) is 0 Å². The van der Waals surface area contributed by atoms with Gasteiger partial charge in [0.15, 0.2) is 0 Å². The highest BCUT2D eigenvalue weighted by Gasteiger charge is 2.20. The summed E-state index contributed by atoms with van der Waals surface area (Å²) < 4.78 is 14.2. The number of phenolic OH excluding ortho intramolecular Hbond substituents is 1. The molecule has 2 aliphatic heterocycles. The first kappa shape index (κ1) is 17.5. The summed E-state index contributed by atoms with van der Waals surface area (Å²) in [5, 5.41) is 9.58. The minimum absolute atomic E-state index is 0.0279. The predicted octanol–water partition coefficient (Wildman–Crippen LogP) is 4.08. The molecule has 2 aromatic rings. The molecule has 0 spiro atoms. The Balaban J connectivity index is 1.42. The summed E-state index contributed by atoms with van der Waals surface area (Å²) >= 11 is 0. The third-order valence-corrected chi connectivity index (χ3v) is 5.60. The summed E-state index contributed by atoms with van der Waals surface area (Å²) in [4.78, 5) is 4.84. The Morgan fingerprint density at radius 3 is 2.38 bits per heavy atom. The Labute approximate surface area is 155 Å². The Hall–Kier alpha value is -1.91. The van der Waals surface area contributed by atoms with Crippen LogP contribution in [-0.2, 0) is 26.1 Å². The highest BCUT2D eigenvalue weighted by molar-refractivity contribution is 5.38. The third-order valence-electron chi connectivity index (χ3n) is 5.60. The second-order valence-corrected chi connectivity index (χ2v) is 7.68. The van der Waals surface area contributed by atoms with Gasteiger partial charge >= 0.3 is 0 Å². The smallest absolute Gasteiger partial charge is 0.131 e. The lowest BCUT2D eigenvalue weighted by molar-refractivity contribution is 0.220. The highest BCUT2D eigenvalue weighted by atomic mass is 19.1. The zero-order valence-corrected chi connectivity index (χ0v) is 15.3. The lowest BCUT2D eigenvalue weighted by Crippen LogP contribution is -2.31. The van der Waals surface area contributed by atoms with Crippen LogP contribution in [0.2, 0.25) is 0 Å². The highest BCUT2D eigenvalue weighted by Crippen LogP contribution is 2.27. The fourth-order valence-electron chi connectivity index (χ4n) is 4.25. The van der Waals surface area contributed by atoms with E-state index in [2.05, 4.69) is 34.1 Å². The van der Waals surface area contributed by atoms with Crippen LogP contribution in [0.5, 0.6) is 5.75 Å². The van der Waals surface area contributed by atoms with E-state index < -0.39 is 0 Å². The molecule has 1 N–H and O–H groups in total. The number of benzene rings is 2. The molecule has 4 rings (SSSR count). The minimum Gasteiger partial charge on any atom is -0.508 e. The molecule has 0 radical (unpaired) electrons. The summed E-state index contributed by atoms with van der Waals surface area (Å²) in [5.74, 6) is -0.260. The number of piperidine rings is 1. The van der Waals surface area contributed by atoms with Crippen LogP contribution in [0.15, 0.2) is 36.4 Å². The van der Waals surface area contributed by atoms with E-state index in [4.69, 9.17) is 0 Å². The van der Waals surface area contributed by atoms with E-state index in [0.717, 1.165) is 37.2 Å². The van der Waals surface area contributed by atoms with E-state index in [1.807, 2.05) is 0 Å². The van der Waals surface area contributed by atoms with E-state index in [0.29, 0.717) is 6.54 Å². The predicted molar refractivity (Wildman–Crippen MR) is 101 cm³/mol. The van der Waals surface area contributed by atoms with Crippen molar-refractivity contribution in [3.63, 3.8) is 0 Å². The van der Waals surface area contributed by atoms with Gasteiger partial charge in [-0.25, -0.2) is 4.39 Å². The third kappa shape index (κ3) is 4.08. The molecule has 4 heteroatoms. The van der Waals surface area contributed by atoms with Crippen molar-refractivity contribution in [1.82, 2.24) is 9.80 Å². The Morgan fingerprint density at radius 1 is 0.885 bits per heavy atom. The summed E-state index contributed by atoms with van der Waals surface area (Å²) in [6.07, 6.45) is 4.78. The van der Waals surface area contributed by atoms with Crippen LogP contribution in [0.25, 0.3) is 0 Å².